The summed E-state index contributed by atoms with van der Waals surface area (Å²) in [5.41, 5.74) is 0.659. The summed E-state index contributed by atoms with van der Waals surface area (Å²) in [6.45, 7) is 5.75. The number of amides is 1. The molecule has 1 aromatic heterocycles. The molecule has 0 unspecified atom stereocenters. The van der Waals surface area contributed by atoms with Gasteiger partial charge in [-0.25, -0.2) is 0 Å². The molecule has 3 rings (SSSR count). The summed E-state index contributed by atoms with van der Waals surface area (Å²) in [6, 6.07) is 11.3. The quantitative estimate of drug-likeness (QED) is 0.623. The molecule has 1 fully saturated rings. The van der Waals surface area contributed by atoms with E-state index in [9.17, 15) is 9.59 Å². The third kappa shape index (κ3) is 5.64. The van der Waals surface area contributed by atoms with Crippen molar-refractivity contribution in [3.05, 3.63) is 52.2 Å². The minimum atomic E-state index is -0.150. The molecular weight excluding hydrogens is 376 g/mol. The number of rotatable bonds is 9. The molecule has 1 aromatic carbocycles. The van der Waals surface area contributed by atoms with Crippen LogP contribution in [0.2, 0.25) is 0 Å². The van der Waals surface area contributed by atoms with Gasteiger partial charge in [0.1, 0.15) is 24.9 Å². The van der Waals surface area contributed by atoms with E-state index in [0.29, 0.717) is 24.3 Å². The molecule has 6 nitrogen and oxygen atoms in total. The highest BCUT2D eigenvalue weighted by atomic mass is 32.1. The van der Waals surface area contributed by atoms with E-state index < -0.39 is 0 Å². The zero-order valence-corrected chi connectivity index (χ0v) is 16.9. The third-order valence-corrected chi connectivity index (χ3v) is 5.87. The van der Waals surface area contributed by atoms with Gasteiger partial charge in [0.25, 0.3) is 5.91 Å². The standard InChI is InChI=1S/C21H26N2O4S/c1-2-19(24)16-5-7-17(8-6-16)27-15-21(25)22-14-18(20-4-3-13-28-20)23-9-11-26-12-10-23/h3-8,13,18H,2,9-12,14-15H2,1H3,(H,22,25)/p+1/t18-/m0/s1. The van der Waals surface area contributed by atoms with Crippen LogP contribution in [0, 0.1) is 0 Å². The lowest BCUT2D eigenvalue weighted by Crippen LogP contribution is -3.15. The van der Waals surface area contributed by atoms with E-state index in [-0.39, 0.29) is 24.3 Å². The molecule has 1 aliphatic heterocycles. The van der Waals surface area contributed by atoms with Crippen LogP contribution in [0.5, 0.6) is 5.75 Å². The minimum Gasteiger partial charge on any atom is -0.484 e. The van der Waals surface area contributed by atoms with Crippen molar-refractivity contribution in [2.45, 2.75) is 19.4 Å². The van der Waals surface area contributed by atoms with E-state index in [1.54, 1.807) is 35.6 Å². The molecule has 0 aliphatic carbocycles. The first-order valence-electron chi connectivity index (χ1n) is 9.66. The first-order chi connectivity index (χ1) is 13.7. The molecule has 1 saturated heterocycles. The molecule has 0 radical (unpaired) electrons. The van der Waals surface area contributed by atoms with Gasteiger partial charge >= 0.3 is 0 Å². The fourth-order valence-electron chi connectivity index (χ4n) is 3.27. The van der Waals surface area contributed by atoms with Gasteiger partial charge in [-0.1, -0.05) is 13.0 Å². The van der Waals surface area contributed by atoms with Crippen LogP contribution in [0.15, 0.2) is 41.8 Å². The van der Waals surface area contributed by atoms with Gasteiger partial charge in [0.15, 0.2) is 12.4 Å². The molecule has 150 valence electrons. The summed E-state index contributed by atoms with van der Waals surface area (Å²) in [5, 5.41) is 5.07. The van der Waals surface area contributed by atoms with Crippen molar-refractivity contribution in [2.75, 3.05) is 39.5 Å². The molecule has 0 spiro atoms. The molecule has 2 aromatic rings. The van der Waals surface area contributed by atoms with Crippen LogP contribution in [0.4, 0.5) is 0 Å². The number of ketones is 1. The SMILES string of the molecule is CCC(=O)c1ccc(OCC(=O)NC[C@@H](c2cccs2)[NH+]2CCOCC2)cc1. The molecule has 1 amide bonds. The maximum Gasteiger partial charge on any atom is 0.258 e. The second-order valence-corrected chi connectivity index (χ2v) is 7.71. The van der Waals surface area contributed by atoms with Gasteiger partial charge in [-0.05, 0) is 35.7 Å². The Balaban J connectivity index is 1.50. The Bertz CT molecular complexity index is 755. The van der Waals surface area contributed by atoms with E-state index in [2.05, 4.69) is 16.8 Å². The third-order valence-electron chi connectivity index (χ3n) is 4.89. The van der Waals surface area contributed by atoms with E-state index in [0.717, 1.165) is 26.3 Å². The molecule has 2 N–H and O–H groups in total. The van der Waals surface area contributed by atoms with Crippen molar-refractivity contribution >= 4 is 23.0 Å². The normalized spacial score (nSPS) is 15.8. The number of benzene rings is 1. The highest BCUT2D eigenvalue weighted by Crippen LogP contribution is 2.16. The van der Waals surface area contributed by atoms with Crippen LogP contribution in [0.25, 0.3) is 0 Å². The highest BCUT2D eigenvalue weighted by Gasteiger charge is 2.27. The van der Waals surface area contributed by atoms with Crippen LogP contribution >= 0.6 is 11.3 Å². The van der Waals surface area contributed by atoms with E-state index in [1.165, 1.54) is 9.78 Å². The fraction of sp³-hybridized carbons (Fsp3) is 0.429. The van der Waals surface area contributed by atoms with Gasteiger partial charge in [-0.3, -0.25) is 9.59 Å². The maximum absolute atomic E-state index is 12.3. The van der Waals surface area contributed by atoms with Crippen molar-refractivity contribution in [3.63, 3.8) is 0 Å². The number of quaternary nitrogens is 1. The molecule has 0 saturated carbocycles. The molecule has 2 heterocycles. The summed E-state index contributed by atoms with van der Waals surface area (Å²) in [4.78, 5) is 26.6. The second-order valence-electron chi connectivity index (χ2n) is 6.73. The van der Waals surface area contributed by atoms with Gasteiger partial charge in [-0.2, -0.15) is 0 Å². The number of hydrogen-bond donors (Lipinski definition) is 2. The monoisotopic (exact) mass is 403 g/mol. The number of Topliss-reactive ketones (excluding diaryl/α,β-unsaturated/α-hetero) is 1. The Kier molecular flexibility index (Phi) is 7.59. The van der Waals surface area contributed by atoms with Crippen molar-refractivity contribution in [2.24, 2.45) is 0 Å². The Labute approximate surface area is 169 Å². The highest BCUT2D eigenvalue weighted by molar-refractivity contribution is 7.10. The lowest BCUT2D eigenvalue weighted by Gasteiger charge is -2.31. The number of thiophene rings is 1. The lowest BCUT2D eigenvalue weighted by molar-refractivity contribution is -0.937. The van der Waals surface area contributed by atoms with Crippen LogP contribution in [0.3, 0.4) is 0 Å². The summed E-state index contributed by atoms with van der Waals surface area (Å²) < 4.78 is 11.0. The second kappa shape index (κ2) is 10.4. The topological polar surface area (TPSA) is 69.1 Å². The van der Waals surface area contributed by atoms with Crippen molar-refractivity contribution in [3.8, 4) is 5.75 Å². The summed E-state index contributed by atoms with van der Waals surface area (Å²) in [6.07, 6.45) is 0.471. The smallest absolute Gasteiger partial charge is 0.258 e. The Morgan fingerprint density at radius 2 is 1.96 bits per heavy atom. The van der Waals surface area contributed by atoms with Crippen molar-refractivity contribution < 1.29 is 24.0 Å². The molecule has 1 aliphatic rings. The largest absolute Gasteiger partial charge is 0.484 e. The fourth-order valence-corrected chi connectivity index (χ4v) is 4.16. The number of carbonyl (C=O) groups excluding carboxylic acids is 2. The predicted molar refractivity (Wildman–Crippen MR) is 108 cm³/mol. The average molecular weight is 404 g/mol. The van der Waals surface area contributed by atoms with E-state index in [4.69, 9.17) is 9.47 Å². The summed E-state index contributed by atoms with van der Waals surface area (Å²) in [7, 11) is 0. The molecule has 7 heteroatoms. The summed E-state index contributed by atoms with van der Waals surface area (Å²) in [5.74, 6) is 0.522. The average Bonchev–Trinajstić information content (AvgIpc) is 3.27. The van der Waals surface area contributed by atoms with Gasteiger partial charge < -0.3 is 19.7 Å². The molecule has 0 bridgehead atoms. The zero-order valence-electron chi connectivity index (χ0n) is 16.1. The Morgan fingerprint density at radius 3 is 2.61 bits per heavy atom. The molecule has 28 heavy (non-hydrogen) atoms. The van der Waals surface area contributed by atoms with Gasteiger partial charge in [0, 0.05) is 12.0 Å². The number of hydrogen-bond acceptors (Lipinski definition) is 5. The van der Waals surface area contributed by atoms with Gasteiger partial charge in [0.05, 0.1) is 24.6 Å². The first kappa shape index (κ1) is 20.5. The van der Waals surface area contributed by atoms with Crippen molar-refractivity contribution in [1.82, 2.24) is 5.32 Å². The van der Waals surface area contributed by atoms with E-state index >= 15 is 0 Å². The summed E-state index contributed by atoms with van der Waals surface area (Å²) >= 11 is 1.72. The lowest BCUT2D eigenvalue weighted by atomic mass is 10.1. The number of morpholine rings is 1. The van der Waals surface area contributed by atoms with Crippen LogP contribution in [0.1, 0.15) is 34.6 Å². The number of ether oxygens (including phenoxy) is 2. The first-order valence-corrected chi connectivity index (χ1v) is 10.5. The number of nitrogens with one attached hydrogen (secondary N) is 2. The van der Waals surface area contributed by atoms with Crippen LogP contribution in [-0.2, 0) is 9.53 Å². The van der Waals surface area contributed by atoms with E-state index in [1.807, 2.05) is 13.0 Å². The molecular formula is C21H27N2O4S+. The maximum atomic E-state index is 12.3. The zero-order chi connectivity index (χ0) is 19.8. The van der Waals surface area contributed by atoms with Crippen LogP contribution < -0.4 is 15.0 Å². The Morgan fingerprint density at radius 1 is 1.21 bits per heavy atom. The number of carbonyl (C=O) groups is 2. The predicted octanol–water partition coefficient (Wildman–Crippen LogP) is 1.49. The van der Waals surface area contributed by atoms with Gasteiger partial charge in [0.2, 0.25) is 0 Å². The van der Waals surface area contributed by atoms with Gasteiger partial charge in [-0.15, -0.1) is 11.3 Å². The minimum absolute atomic E-state index is 0.0450. The Hall–Kier alpha value is -2.22. The molecule has 1 atom stereocenters. The van der Waals surface area contributed by atoms with Crippen molar-refractivity contribution in [1.29, 1.82) is 0 Å². The van der Waals surface area contributed by atoms with Crippen LogP contribution in [-0.4, -0.2) is 51.1 Å².